The molecule has 0 unspecified atom stereocenters. The van der Waals surface area contributed by atoms with Crippen molar-refractivity contribution >= 4 is 28.1 Å². The fourth-order valence-electron chi connectivity index (χ4n) is 2.80. The van der Waals surface area contributed by atoms with E-state index in [0.717, 1.165) is 28.6 Å². The summed E-state index contributed by atoms with van der Waals surface area (Å²) in [6.45, 7) is 4.91. The second kappa shape index (κ2) is 8.82. The Morgan fingerprint density at radius 3 is 2.48 bits per heavy atom. The van der Waals surface area contributed by atoms with Crippen molar-refractivity contribution in [2.24, 2.45) is 5.92 Å². The van der Waals surface area contributed by atoms with Crippen molar-refractivity contribution in [3.63, 3.8) is 0 Å². The van der Waals surface area contributed by atoms with Gasteiger partial charge in [-0.25, -0.2) is 4.98 Å². The van der Waals surface area contributed by atoms with Crippen molar-refractivity contribution < 1.29 is 4.79 Å². The highest BCUT2D eigenvalue weighted by Gasteiger charge is 2.10. The summed E-state index contributed by atoms with van der Waals surface area (Å²) in [6.07, 6.45) is 0.533. The third-order valence-corrected chi connectivity index (χ3v) is 5.09. The number of carbonyl (C=O) groups excluding carboxylic acids is 1. The van der Waals surface area contributed by atoms with Crippen molar-refractivity contribution in [1.82, 2.24) is 4.98 Å². The van der Waals surface area contributed by atoms with Gasteiger partial charge in [-0.1, -0.05) is 56.3 Å². The second-order valence-corrected chi connectivity index (χ2v) is 7.92. The summed E-state index contributed by atoms with van der Waals surface area (Å²) >= 11 is 1.64. The highest BCUT2D eigenvalue weighted by Crippen LogP contribution is 2.28. The molecule has 0 aliphatic heterocycles. The minimum absolute atomic E-state index is 0.0521. The zero-order chi connectivity index (χ0) is 19.2. The monoisotopic (exact) mass is 379 g/mol. The minimum atomic E-state index is 0.0521. The lowest BCUT2D eigenvalue weighted by Crippen LogP contribution is -2.15. The van der Waals surface area contributed by atoms with E-state index in [9.17, 15) is 4.79 Å². The summed E-state index contributed by atoms with van der Waals surface area (Å²) < 4.78 is 0. The van der Waals surface area contributed by atoms with E-state index in [4.69, 9.17) is 4.98 Å². The predicted molar refractivity (Wildman–Crippen MR) is 114 cm³/mol. The van der Waals surface area contributed by atoms with Crippen LogP contribution in [0.1, 0.15) is 25.8 Å². The third-order valence-electron chi connectivity index (χ3n) is 4.14. The summed E-state index contributed by atoms with van der Waals surface area (Å²) in [6, 6.07) is 18.2. The second-order valence-electron chi connectivity index (χ2n) is 7.08. The lowest BCUT2D eigenvalue weighted by Gasteiger charge is -2.15. The number of benzene rings is 2. The Bertz CT molecular complexity index is 872. The van der Waals surface area contributed by atoms with Crippen molar-refractivity contribution in [1.29, 1.82) is 0 Å². The molecule has 1 heterocycles. The number of hydrogen-bond donors (Lipinski definition) is 1. The molecule has 0 saturated heterocycles. The van der Waals surface area contributed by atoms with Gasteiger partial charge in [-0.2, -0.15) is 0 Å². The molecule has 4 nitrogen and oxygen atoms in total. The Labute approximate surface area is 164 Å². The number of amides is 1. The van der Waals surface area contributed by atoms with Gasteiger partial charge in [-0.15, -0.1) is 11.3 Å². The van der Waals surface area contributed by atoms with Gasteiger partial charge in [0, 0.05) is 36.6 Å². The number of nitrogens with one attached hydrogen (secondary N) is 1. The summed E-state index contributed by atoms with van der Waals surface area (Å²) in [5.74, 6) is 0.404. The quantitative estimate of drug-likeness (QED) is 0.595. The molecule has 3 rings (SSSR count). The van der Waals surface area contributed by atoms with Crippen molar-refractivity contribution in [3.05, 3.63) is 65.5 Å². The molecule has 0 spiro atoms. The van der Waals surface area contributed by atoms with E-state index in [-0.39, 0.29) is 5.91 Å². The first-order chi connectivity index (χ1) is 13.0. The largest absolute Gasteiger partial charge is 0.347 e. The Morgan fingerprint density at radius 2 is 1.81 bits per heavy atom. The van der Waals surface area contributed by atoms with Gasteiger partial charge in [-0.3, -0.25) is 4.79 Å². The lowest BCUT2D eigenvalue weighted by atomic mass is 10.1. The number of thiazole rings is 1. The Balaban J connectivity index is 1.64. The van der Waals surface area contributed by atoms with Gasteiger partial charge in [0.1, 0.15) is 0 Å². The van der Waals surface area contributed by atoms with Crippen LogP contribution in [-0.2, 0) is 11.3 Å². The van der Waals surface area contributed by atoms with Crippen LogP contribution in [0.2, 0.25) is 0 Å². The fraction of sp³-hybridized carbons (Fsp3) is 0.273. The standard InChI is InChI=1S/C22H25N3OS/c1-16(2)13-21(26)23-19-11-9-18(10-12-19)20-15-27-22(24-20)25(3)14-17-7-5-4-6-8-17/h4-12,15-16H,13-14H2,1-3H3,(H,23,26). The summed E-state index contributed by atoms with van der Waals surface area (Å²) in [7, 11) is 2.06. The van der Waals surface area contributed by atoms with Gasteiger partial charge >= 0.3 is 0 Å². The van der Waals surface area contributed by atoms with E-state index in [1.807, 2.05) is 44.2 Å². The van der Waals surface area contributed by atoms with Gasteiger partial charge in [0.05, 0.1) is 5.69 Å². The molecule has 0 aliphatic rings. The third kappa shape index (κ3) is 5.41. The Morgan fingerprint density at radius 1 is 1.11 bits per heavy atom. The van der Waals surface area contributed by atoms with Crippen LogP contribution in [0.4, 0.5) is 10.8 Å². The van der Waals surface area contributed by atoms with Crippen LogP contribution in [0.5, 0.6) is 0 Å². The lowest BCUT2D eigenvalue weighted by molar-refractivity contribution is -0.116. The summed E-state index contributed by atoms with van der Waals surface area (Å²) in [5, 5.41) is 6.00. The maximum atomic E-state index is 11.9. The fourth-order valence-corrected chi connectivity index (χ4v) is 3.61. The number of nitrogens with zero attached hydrogens (tertiary/aromatic N) is 2. The number of carbonyl (C=O) groups is 1. The summed E-state index contributed by atoms with van der Waals surface area (Å²) in [5.41, 5.74) is 4.08. The maximum Gasteiger partial charge on any atom is 0.224 e. The molecule has 0 atom stereocenters. The van der Waals surface area contributed by atoms with Gasteiger partial charge in [0.15, 0.2) is 5.13 Å². The molecule has 2 aromatic carbocycles. The van der Waals surface area contributed by atoms with Crippen molar-refractivity contribution in [2.45, 2.75) is 26.8 Å². The van der Waals surface area contributed by atoms with Crippen molar-refractivity contribution in [2.75, 3.05) is 17.3 Å². The molecule has 27 heavy (non-hydrogen) atoms. The molecule has 1 aromatic heterocycles. The molecule has 0 saturated carbocycles. The topological polar surface area (TPSA) is 45.2 Å². The first-order valence-electron chi connectivity index (χ1n) is 9.12. The average molecular weight is 380 g/mol. The number of rotatable bonds is 7. The molecule has 5 heteroatoms. The molecular formula is C22H25N3OS. The summed E-state index contributed by atoms with van der Waals surface area (Å²) in [4.78, 5) is 18.8. The van der Waals surface area contributed by atoms with Gasteiger partial charge in [0.25, 0.3) is 0 Å². The van der Waals surface area contributed by atoms with Gasteiger partial charge in [0.2, 0.25) is 5.91 Å². The molecule has 0 aliphatic carbocycles. The molecule has 0 bridgehead atoms. The normalized spacial score (nSPS) is 10.8. The first-order valence-corrected chi connectivity index (χ1v) is 10.00. The molecular weight excluding hydrogens is 354 g/mol. The predicted octanol–water partition coefficient (Wildman–Crippen LogP) is 5.43. The van der Waals surface area contributed by atoms with Crippen LogP contribution < -0.4 is 10.2 Å². The van der Waals surface area contributed by atoms with Crippen LogP contribution in [0.3, 0.4) is 0 Å². The van der Waals surface area contributed by atoms with E-state index in [2.05, 4.69) is 46.9 Å². The number of aromatic nitrogens is 1. The van der Waals surface area contributed by atoms with E-state index >= 15 is 0 Å². The van der Waals surface area contributed by atoms with E-state index in [1.165, 1.54) is 5.56 Å². The van der Waals surface area contributed by atoms with E-state index in [0.29, 0.717) is 12.3 Å². The zero-order valence-electron chi connectivity index (χ0n) is 16.0. The number of hydrogen-bond acceptors (Lipinski definition) is 4. The van der Waals surface area contributed by atoms with Gasteiger partial charge in [-0.05, 0) is 23.6 Å². The van der Waals surface area contributed by atoms with Crippen LogP contribution in [-0.4, -0.2) is 17.9 Å². The average Bonchev–Trinajstić information content (AvgIpc) is 3.13. The molecule has 0 radical (unpaired) electrons. The van der Waals surface area contributed by atoms with Crippen molar-refractivity contribution in [3.8, 4) is 11.3 Å². The van der Waals surface area contributed by atoms with Crippen LogP contribution in [0.15, 0.2) is 60.0 Å². The highest BCUT2D eigenvalue weighted by atomic mass is 32.1. The smallest absolute Gasteiger partial charge is 0.224 e. The van der Waals surface area contributed by atoms with Crippen LogP contribution in [0.25, 0.3) is 11.3 Å². The zero-order valence-corrected chi connectivity index (χ0v) is 16.8. The minimum Gasteiger partial charge on any atom is -0.347 e. The van der Waals surface area contributed by atoms with Crippen LogP contribution in [0, 0.1) is 5.92 Å². The highest BCUT2D eigenvalue weighted by molar-refractivity contribution is 7.14. The molecule has 1 amide bonds. The Hall–Kier alpha value is -2.66. The SMILES string of the molecule is CC(C)CC(=O)Nc1ccc(-c2csc(N(C)Cc3ccccc3)n2)cc1. The maximum absolute atomic E-state index is 11.9. The molecule has 1 N–H and O–H groups in total. The number of anilines is 2. The van der Waals surface area contributed by atoms with E-state index in [1.54, 1.807) is 11.3 Å². The van der Waals surface area contributed by atoms with E-state index < -0.39 is 0 Å². The first kappa shape index (κ1) is 19.1. The van der Waals surface area contributed by atoms with Crippen LogP contribution >= 0.6 is 11.3 Å². The molecule has 3 aromatic rings. The van der Waals surface area contributed by atoms with Gasteiger partial charge < -0.3 is 10.2 Å². The molecule has 0 fully saturated rings. The Kier molecular flexibility index (Phi) is 6.24. The molecule has 140 valence electrons.